The van der Waals surface area contributed by atoms with Crippen molar-refractivity contribution in [3.8, 4) is 10.4 Å². The van der Waals surface area contributed by atoms with Crippen LogP contribution in [-0.4, -0.2) is 27.2 Å². The zero-order chi connectivity index (χ0) is 16.7. The van der Waals surface area contributed by atoms with Crippen molar-refractivity contribution < 1.29 is 4.79 Å². The lowest BCUT2D eigenvalue weighted by atomic mass is 10.2. The highest BCUT2D eigenvalue weighted by Crippen LogP contribution is 2.34. The van der Waals surface area contributed by atoms with E-state index in [4.69, 9.17) is 0 Å². The molecule has 3 heterocycles. The number of thioether (sulfide) groups is 1. The lowest BCUT2D eigenvalue weighted by Crippen LogP contribution is -2.32. The average molecular weight is 378 g/mol. The molecule has 0 bridgehead atoms. The molecular formula is C16H15N3O2S3. The molecule has 3 aromatic rings. The van der Waals surface area contributed by atoms with Crippen molar-refractivity contribution in [3.05, 3.63) is 33.2 Å². The molecule has 24 heavy (non-hydrogen) atoms. The summed E-state index contributed by atoms with van der Waals surface area (Å²) in [5.41, 5.74) is 0.775. The zero-order valence-corrected chi connectivity index (χ0v) is 15.3. The van der Waals surface area contributed by atoms with Gasteiger partial charge in [-0.05, 0) is 31.2 Å². The molecule has 0 radical (unpaired) electrons. The van der Waals surface area contributed by atoms with Crippen LogP contribution in [0.5, 0.6) is 0 Å². The summed E-state index contributed by atoms with van der Waals surface area (Å²) in [7, 11) is 0. The molecule has 1 saturated carbocycles. The number of nitrogens with one attached hydrogen (secondary N) is 2. The van der Waals surface area contributed by atoms with Gasteiger partial charge in [-0.15, -0.1) is 22.7 Å². The minimum absolute atomic E-state index is 0.00398. The molecule has 1 aliphatic carbocycles. The van der Waals surface area contributed by atoms with Crippen LogP contribution in [0.2, 0.25) is 0 Å². The van der Waals surface area contributed by atoms with Gasteiger partial charge in [0, 0.05) is 21.9 Å². The first-order valence-corrected chi connectivity index (χ1v) is 10.3. The van der Waals surface area contributed by atoms with E-state index < -0.39 is 0 Å². The van der Waals surface area contributed by atoms with Gasteiger partial charge in [-0.25, -0.2) is 4.98 Å². The van der Waals surface area contributed by atoms with E-state index in [2.05, 4.69) is 15.3 Å². The number of aromatic amines is 1. The van der Waals surface area contributed by atoms with Crippen LogP contribution in [0.15, 0.2) is 32.8 Å². The Morgan fingerprint density at radius 3 is 3.00 bits per heavy atom. The number of carbonyl (C=O) groups is 1. The summed E-state index contributed by atoms with van der Waals surface area (Å²) in [5.74, 6) is -0.00398. The van der Waals surface area contributed by atoms with E-state index >= 15 is 0 Å². The normalized spacial score (nSPS) is 15.5. The standard InChI is InChI=1S/C16H15N3O2S3/c1-8(13(20)17-9-4-5-9)24-16-18-14(21)12-10(7-23-15(12)19-16)11-3-2-6-22-11/h2-3,6-9H,4-5H2,1H3,(H,17,20)(H,18,19,21)/t8-/m0/s1. The van der Waals surface area contributed by atoms with Crippen molar-refractivity contribution in [1.29, 1.82) is 0 Å². The molecule has 124 valence electrons. The molecule has 0 aromatic carbocycles. The van der Waals surface area contributed by atoms with E-state index in [0.717, 1.165) is 23.3 Å². The maximum absolute atomic E-state index is 12.5. The number of rotatable bonds is 5. The molecule has 0 saturated heterocycles. The Labute approximate surface area is 150 Å². The van der Waals surface area contributed by atoms with Crippen molar-refractivity contribution in [2.45, 2.75) is 36.2 Å². The topological polar surface area (TPSA) is 74.8 Å². The third kappa shape index (κ3) is 3.13. The van der Waals surface area contributed by atoms with Gasteiger partial charge in [-0.1, -0.05) is 17.8 Å². The number of carbonyl (C=O) groups excluding carboxylic acids is 1. The predicted octanol–water partition coefficient (Wildman–Crippen LogP) is 3.47. The number of hydrogen-bond donors (Lipinski definition) is 2. The quantitative estimate of drug-likeness (QED) is 0.527. The first kappa shape index (κ1) is 15.9. The number of aromatic nitrogens is 2. The van der Waals surface area contributed by atoms with Crippen LogP contribution in [0.4, 0.5) is 0 Å². The van der Waals surface area contributed by atoms with Gasteiger partial charge in [0.1, 0.15) is 4.83 Å². The molecule has 1 aliphatic rings. The lowest BCUT2D eigenvalue weighted by molar-refractivity contribution is -0.120. The number of nitrogens with zero attached hydrogens (tertiary/aromatic N) is 1. The van der Waals surface area contributed by atoms with Crippen LogP contribution in [0.25, 0.3) is 20.7 Å². The molecule has 0 spiro atoms. The highest BCUT2D eigenvalue weighted by Gasteiger charge is 2.26. The van der Waals surface area contributed by atoms with Gasteiger partial charge in [-0.3, -0.25) is 9.59 Å². The van der Waals surface area contributed by atoms with Gasteiger partial charge < -0.3 is 10.3 Å². The Morgan fingerprint density at radius 1 is 1.46 bits per heavy atom. The largest absolute Gasteiger partial charge is 0.352 e. The van der Waals surface area contributed by atoms with E-state index in [1.807, 2.05) is 29.8 Å². The minimum Gasteiger partial charge on any atom is -0.352 e. The van der Waals surface area contributed by atoms with Gasteiger partial charge >= 0.3 is 0 Å². The van der Waals surface area contributed by atoms with Crippen molar-refractivity contribution in [2.24, 2.45) is 0 Å². The van der Waals surface area contributed by atoms with Crippen LogP contribution in [0.3, 0.4) is 0 Å². The molecule has 8 heteroatoms. The Morgan fingerprint density at radius 2 is 2.29 bits per heavy atom. The van der Waals surface area contributed by atoms with Crippen LogP contribution in [-0.2, 0) is 4.79 Å². The lowest BCUT2D eigenvalue weighted by Gasteiger charge is -2.10. The van der Waals surface area contributed by atoms with Crippen LogP contribution >= 0.6 is 34.4 Å². The van der Waals surface area contributed by atoms with Crippen molar-refractivity contribution in [2.75, 3.05) is 0 Å². The van der Waals surface area contributed by atoms with E-state index in [9.17, 15) is 9.59 Å². The van der Waals surface area contributed by atoms with E-state index in [0.29, 0.717) is 21.4 Å². The minimum atomic E-state index is -0.289. The van der Waals surface area contributed by atoms with Crippen LogP contribution in [0.1, 0.15) is 19.8 Å². The summed E-state index contributed by atoms with van der Waals surface area (Å²) < 4.78 is 0. The second kappa shape index (κ2) is 6.34. The molecule has 5 nitrogen and oxygen atoms in total. The first-order valence-electron chi connectivity index (χ1n) is 7.64. The smallest absolute Gasteiger partial charge is 0.260 e. The molecule has 1 atom stereocenters. The Bertz CT molecular complexity index is 941. The summed E-state index contributed by atoms with van der Waals surface area (Å²) in [6.07, 6.45) is 2.12. The van der Waals surface area contributed by atoms with Gasteiger partial charge in [0.15, 0.2) is 5.16 Å². The number of amides is 1. The average Bonchev–Trinajstić information content (AvgIpc) is 3.03. The fourth-order valence-corrected chi connectivity index (χ4v) is 4.99. The Balaban J connectivity index is 1.61. The molecule has 0 unspecified atom stereocenters. The Hall–Kier alpha value is -1.64. The van der Waals surface area contributed by atoms with Crippen molar-refractivity contribution in [1.82, 2.24) is 15.3 Å². The summed E-state index contributed by atoms with van der Waals surface area (Å²) in [5, 5.41) is 7.76. The summed E-state index contributed by atoms with van der Waals surface area (Å²) >= 11 is 4.35. The molecule has 4 rings (SSSR count). The third-order valence-corrected chi connectivity index (χ3v) is 6.55. The predicted molar refractivity (Wildman–Crippen MR) is 100 cm³/mol. The second-order valence-corrected chi connectivity index (χ2v) is 8.86. The van der Waals surface area contributed by atoms with E-state index in [1.165, 1.54) is 23.1 Å². The first-order chi connectivity index (χ1) is 11.6. The summed E-state index contributed by atoms with van der Waals surface area (Å²) in [6.45, 7) is 1.83. The van der Waals surface area contributed by atoms with E-state index in [-0.39, 0.29) is 16.7 Å². The maximum Gasteiger partial charge on any atom is 0.260 e. The monoisotopic (exact) mass is 377 g/mol. The van der Waals surface area contributed by atoms with Gasteiger partial charge in [0.05, 0.1) is 10.6 Å². The number of hydrogen-bond acceptors (Lipinski definition) is 6. The maximum atomic E-state index is 12.5. The fraction of sp³-hybridized carbons (Fsp3) is 0.312. The molecular weight excluding hydrogens is 362 g/mol. The third-order valence-electron chi connectivity index (χ3n) is 3.79. The molecule has 3 aromatic heterocycles. The van der Waals surface area contributed by atoms with E-state index in [1.54, 1.807) is 11.3 Å². The van der Waals surface area contributed by atoms with Gasteiger partial charge in [0.2, 0.25) is 5.91 Å². The number of thiophene rings is 2. The summed E-state index contributed by atoms with van der Waals surface area (Å²) in [6, 6.07) is 4.30. The van der Waals surface area contributed by atoms with Crippen molar-refractivity contribution in [3.63, 3.8) is 0 Å². The highest BCUT2D eigenvalue weighted by molar-refractivity contribution is 8.00. The SMILES string of the molecule is C[C@H](Sc1nc2scc(-c3cccs3)c2c(=O)[nH]1)C(=O)NC1CC1. The molecule has 1 amide bonds. The van der Waals surface area contributed by atoms with Gasteiger partial charge in [-0.2, -0.15) is 0 Å². The molecule has 2 N–H and O–H groups in total. The molecule has 0 aliphatic heterocycles. The van der Waals surface area contributed by atoms with Crippen LogP contribution in [0, 0.1) is 0 Å². The number of fused-ring (bicyclic) bond motifs is 1. The number of H-pyrrole nitrogens is 1. The van der Waals surface area contributed by atoms with Crippen molar-refractivity contribution >= 4 is 50.6 Å². The highest BCUT2D eigenvalue weighted by atomic mass is 32.2. The summed E-state index contributed by atoms with van der Waals surface area (Å²) in [4.78, 5) is 33.7. The second-order valence-electron chi connectivity index (χ2n) is 5.72. The van der Waals surface area contributed by atoms with Gasteiger partial charge in [0.25, 0.3) is 5.56 Å². The molecule has 1 fully saturated rings. The van der Waals surface area contributed by atoms with Crippen LogP contribution < -0.4 is 10.9 Å². The fourth-order valence-electron chi connectivity index (χ4n) is 2.37. The Kier molecular flexibility index (Phi) is 4.19. The zero-order valence-electron chi connectivity index (χ0n) is 12.9.